The molecule has 1 nitrogen and oxygen atoms in total. The first-order valence-corrected chi connectivity index (χ1v) is 7.23. The van der Waals surface area contributed by atoms with Crippen LogP contribution in [0.5, 0.6) is 0 Å². The van der Waals surface area contributed by atoms with E-state index in [2.05, 4.69) is 26.1 Å². The normalized spacial score (nSPS) is 14.4. The highest BCUT2D eigenvalue weighted by molar-refractivity contribution is 5.19. The second-order valence-electron chi connectivity index (χ2n) is 5.37. The smallest absolute Gasteiger partial charge is 0.126 e. The fourth-order valence-electron chi connectivity index (χ4n) is 2.64. The SMILES string of the molecule is CCCC(C)CC(Cc1cc(F)cc(F)c1)NCC. The quantitative estimate of drug-likeness (QED) is 0.741. The molecule has 2 atom stereocenters. The fraction of sp³-hybridized carbons (Fsp3) is 0.625. The summed E-state index contributed by atoms with van der Waals surface area (Å²) in [6.07, 6.45) is 4.09. The Morgan fingerprint density at radius 3 is 2.26 bits per heavy atom. The summed E-state index contributed by atoms with van der Waals surface area (Å²) < 4.78 is 26.4. The highest BCUT2D eigenvalue weighted by Crippen LogP contribution is 2.17. The van der Waals surface area contributed by atoms with Crippen LogP contribution >= 0.6 is 0 Å². The van der Waals surface area contributed by atoms with Crippen molar-refractivity contribution in [3.8, 4) is 0 Å². The molecule has 0 aliphatic heterocycles. The molecule has 2 unspecified atom stereocenters. The lowest BCUT2D eigenvalue weighted by atomic mass is 9.93. The van der Waals surface area contributed by atoms with Gasteiger partial charge in [-0.25, -0.2) is 8.78 Å². The Balaban J connectivity index is 2.66. The number of likely N-dealkylation sites (N-methyl/N-ethyl adjacent to an activating group) is 1. The van der Waals surface area contributed by atoms with Gasteiger partial charge in [0.15, 0.2) is 0 Å². The minimum atomic E-state index is -0.494. The zero-order valence-electron chi connectivity index (χ0n) is 12.2. The van der Waals surface area contributed by atoms with Crippen LogP contribution in [-0.2, 0) is 6.42 Å². The maximum absolute atomic E-state index is 13.2. The molecule has 1 rings (SSSR count). The summed E-state index contributed by atoms with van der Waals surface area (Å²) in [5.41, 5.74) is 0.729. The van der Waals surface area contributed by atoms with Crippen LogP contribution in [0.15, 0.2) is 18.2 Å². The summed E-state index contributed by atoms with van der Waals surface area (Å²) in [5.74, 6) is -0.355. The summed E-state index contributed by atoms with van der Waals surface area (Å²) in [5, 5.41) is 3.41. The first-order chi connectivity index (χ1) is 9.05. The van der Waals surface area contributed by atoms with E-state index >= 15 is 0 Å². The van der Waals surface area contributed by atoms with Crippen LogP contribution in [0.1, 0.15) is 45.6 Å². The predicted molar refractivity (Wildman–Crippen MR) is 76.2 cm³/mol. The topological polar surface area (TPSA) is 12.0 Å². The molecule has 0 radical (unpaired) electrons. The minimum absolute atomic E-state index is 0.285. The van der Waals surface area contributed by atoms with Gasteiger partial charge >= 0.3 is 0 Å². The van der Waals surface area contributed by atoms with Gasteiger partial charge in [0.05, 0.1) is 0 Å². The first kappa shape index (κ1) is 16.1. The van der Waals surface area contributed by atoms with Crippen LogP contribution < -0.4 is 5.32 Å². The van der Waals surface area contributed by atoms with Gasteiger partial charge in [-0.2, -0.15) is 0 Å². The highest BCUT2D eigenvalue weighted by Gasteiger charge is 2.13. The number of halogens is 2. The van der Waals surface area contributed by atoms with E-state index in [0.717, 1.165) is 24.6 Å². The van der Waals surface area contributed by atoms with Crippen molar-refractivity contribution in [1.29, 1.82) is 0 Å². The van der Waals surface area contributed by atoms with E-state index in [9.17, 15) is 8.78 Å². The van der Waals surface area contributed by atoms with E-state index in [1.807, 2.05) is 0 Å². The first-order valence-electron chi connectivity index (χ1n) is 7.23. The molecule has 0 amide bonds. The molecule has 0 bridgehead atoms. The van der Waals surface area contributed by atoms with E-state index in [1.165, 1.54) is 25.0 Å². The molecule has 1 aromatic carbocycles. The van der Waals surface area contributed by atoms with Crippen molar-refractivity contribution in [3.63, 3.8) is 0 Å². The summed E-state index contributed by atoms with van der Waals surface area (Å²) in [6.45, 7) is 7.35. The number of rotatable bonds is 8. The second kappa shape index (κ2) is 8.26. The van der Waals surface area contributed by atoms with Crippen molar-refractivity contribution < 1.29 is 8.78 Å². The van der Waals surface area contributed by atoms with Crippen molar-refractivity contribution in [2.75, 3.05) is 6.54 Å². The average molecular weight is 269 g/mol. The molecular formula is C16H25F2N. The zero-order valence-corrected chi connectivity index (χ0v) is 12.2. The van der Waals surface area contributed by atoms with Crippen molar-refractivity contribution >= 4 is 0 Å². The predicted octanol–water partition coefficient (Wildman–Crippen LogP) is 4.31. The zero-order chi connectivity index (χ0) is 14.3. The molecule has 108 valence electrons. The van der Waals surface area contributed by atoms with Gasteiger partial charge in [0, 0.05) is 12.1 Å². The largest absolute Gasteiger partial charge is 0.314 e. The van der Waals surface area contributed by atoms with Gasteiger partial charge in [-0.3, -0.25) is 0 Å². The van der Waals surface area contributed by atoms with Gasteiger partial charge in [-0.15, -0.1) is 0 Å². The van der Waals surface area contributed by atoms with Gasteiger partial charge in [0.2, 0.25) is 0 Å². The van der Waals surface area contributed by atoms with Crippen LogP contribution in [-0.4, -0.2) is 12.6 Å². The van der Waals surface area contributed by atoms with Crippen LogP contribution in [0.2, 0.25) is 0 Å². The highest BCUT2D eigenvalue weighted by atomic mass is 19.1. The van der Waals surface area contributed by atoms with E-state index in [-0.39, 0.29) is 6.04 Å². The Kier molecular flexibility index (Phi) is 7.00. The molecule has 1 N–H and O–H groups in total. The van der Waals surface area contributed by atoms with Crippen LogP contribution in [0.4, 0.5) is 8.78 Å². The lowest BCUT2D eigenvalue weighted by Gasteiger charge is -2.22. The molecule has 1 aromatic rings. The summed E-state index contributed by atoms with van der Waals surface area (Å²) in [4.78, 5) is 0. The number of hydrogen-bond acceptors (Lipinski definition) is 1. The molecule has 0 spiro atoms. The third kappa shape index (κ3) is 6.15. The van der Waals surface area contributed by atoms with Crippen molar-refractivity contribution in [2.24, 2.45) is 5.92 Å². The Bertz CT molecular complexity index is 359. The lowest BCUT2D eigenvalue weighted by Crippen LogP contribution is -2.32. The summed E-state index contributed by atoms with van der Waals surface area (Å²) in [6, 6.07) is 4.06. The van der Waals surface area contributed by atoms with Crippen molar-refractivity contribution in [2.45, 2.75) is 52.5 Å². The molecule has 0 aliphatic rings. The van der Waals surface area contributed by atoms with Crippen LogP contribution in [0, 0.1) is 17.6 Å². The van der Waals surface area contributed by atoms with E-state index < -0.39 is 11.6 Å². The van der Waals surface area contributed by atoms with Crippen LogP contribution in [0.25, 0.3) is 0 Å². The number of hydrogen-bond donors (Lipinski definition) is 1. The third-order valence-corrected chi connectivity index (χ3v) is 3.37. The average Bonchev–Trinajstić information content (AvgIpc) is 2.27. The number of benzene rings is 1. The molecule has 19 heavy (non-hydrogen) atoms. The lowest BCUT2D eigenvalue weighted by molar-refractivity contribution is 0.385. The fourth-order valence-corrected chi connectivity index (χ4v) is 2.64. The Morgan fingerprint density at radius 2 is 1.74 bits per heavy atom. The van der Waals surface area contributed by atoms with E-state index in [4.69, 9.17) is 0 Å². The van der Waals surface area contributed by atoms with Gasteiger partial charge in [-0.05, 0) is 43.0 Å². The Labute approximate surface area is 115 Å². The monoisotopic (exact) mass is 269 g/mol. The molecular weight excluding hydrogens is 244 g/mol. The van der Waals surface area contributed by atoms with Crippen molar-refractivity contribution in [1.82, 2.24) is 5.32 Å². The Hall–Kier alpha value is -0.960. The number of nitrogens with one attached hydrogen (secondary N) is 1. The third-order valence-electron chi connectivity index (χ3n) is 3.37. The molecule has 0 fully saturated rings. The van der Waals surface area contributed by atoms with Gasteiger partial charge in [-0.1, -0.05) is 33.6 Å². The maximum Gasteiger partial charge on any atom is 0.126 e. The van der Waals surface area contributed by atoms with E-state index in [0.29, 0.717) is 12.3 Å². The maximum atomic E-state index is 13.2. The molecule has 0 saturated carbocycles. The van der Waals surface area contributed by atoms with Gasteiger partial charge in [0.25, 0.3) is 0 Å². The molecule has 0 heterocycles. The molecule has 0 aromatic heterocycles. The molecule has 0 aliphatic carbocycles. The molecule has 3 heteroatoms. The molecule has 0 saturated heterocycles. The van der Waals surface area contributed by atoms with Gasteiger partial charge < -0.3 is 5.32 Å². The van der Waals surface area contributed by atoms with Crippen molar-refractivity contribution in [3.05, 3.63) is 35.4 Å². The summed E-state index contributed by atoms with van der Waals surface area (Å²) >= 11 is 0. The van der Waals surface area contributed by atoms with E-state index in [1.54, 1.807) is 0 Å². The van der Waals surface area contributed by atoms with Crippen LogP contribution in [0.3, 0.4) is 0 Å². The standard InChI is InChI=1S/C16H25F2N/c1-4-6-12(3)7-16(19-5-2)10-13-8-14(17)11-15(18)9-13/h8-9,11-12,16,19H,4-7,10H2,1-3H3. The summed E-state index contributed by atoms with van der Waals surface area (Å²) in [7, 11) is 0. The minimum Gasteiger partial charge on any atom is -0.314 e. The van der Waals surface area contributed by atoms with Gasteiger partial charge in [0.1, 0.15) is 11.6 Å². The Morgan fingerprint density at radius 1 is 1.11 bits per heavy atom. The second-order valence-corrected chi connectivity index (χ2v) is 5.37.